The lowest BCUT2D eigenvalue weighted by atomic mass is 10.2. The molecule has 0 aromatic carbocycles. The van der Waals surface area contributed by atoms with Gasteiger partial charge in [-0.25, -0.2) is 0 Å². The van der Waals surface area contributed by atoms with Crippen LogP contribution in [0.5, 0.6) is 0 Å². The van der Waals surface area contributed by atoms with Gasteiger partial charge in [-0.3, -0.25) is 0 Å². The molecule has 0 aromatic heterocycles. The van der Waals surface area contributed by atoms with Crippen LogP contribution in [0.2, 0.25) is 0 Å². The molecule has 0 radical (unpaired) electrons. The van der Waals surface area contributed by atoms with Gasteiger partial charge in [0, 0.05) is 4.48 Å². The molecule has 13 heavy (non-hydrogen) atoms. The molecule has 0 fully saturated rings. The smallest absolute Gasteiger partial charge is 0.123 e. The first-order valence-corrected chi connectivity index (χ1v) is 5.13. The van der Waals surface area contributed by atoms with Crippen LogP contribution >= 0.6 is 15.9 Å². The van der Waals surface area contributed by atoms with Crippen molar-refractivity contribution in [1.82, 2.24) is 0 Å². The summed E-state index contributed by atoms with van der Waals surface area (Å²) in [4.78, 5) is 0. The lowest BCUT2D eigenvalue weighted by Crippen LogP contribution is -1.81. The van der Waals surface area contributed by atoms with Crippen molar-refractivity contribution in [3.8, 4) is 0 Å². The molecule has 0 aromatic rings. The van der Waals surface area contributed by atoms with Crippen molar-refractivity contribution in [3.05, 3.63) is 47.4 Å². The zero-order valence-corrected chi connectivity index (χ0v) is 9.09. The normalized spacial score (nSPS) is 28.1. The second-order valence-corrected chi connectivity index (χ2v) is 3.67. The molecule has 0 N–H and O–H groups in total. The predicted molar refractivity (Wildman–Crippen MR) is 59.4 cm³/mol. The molecule has 0 aliphatic heterocycles. The van der Waals surface area contributed by atoms with E-state index in [1.165, 1.54) is 6.26 Å². The highest BCUT2D eigenvalue weighted by atomic mass is 79.9. The van der Waals surface area contributed by atoms with Gasteiger partial charge in [0.15, 0.2) is 0 Å². The molecule has 0 unspecified atom stereocenters. The third-order valence-corrected chi connectivity index (χ3v) is 2.19. The molecule has 1 aliphatic carbocycles. The van der Waals surface area contributed by atoms with Crippen LogP contribution in [0.1, 0.15) is 19.3 Å². The van der Waals surface area contributed by atoms with E-state index >= 15 is 0 Å². The maximum absolute atomic E-state index is 5.23. The van der Waals surface area contributed by atoms with Gasteiger partial charge in [-0.05, 0) is 31.4 Å². The molecule has 0 saturated heterocycles. The SMILES string of the molecule is C=COC1=C/CCC/C=C/C(Br)=C\1. The van der Waals surface area contributed by atoms with Gasteiger partial charge in [0.1, 0.15) is 5.76 Å². The van der Waals surface area contributed by atoms with E-state index in [1.807, 2.05) is 12.2 Å². The maximum atomic E-state index is 5.23. The van der Waals surface area contributed by atoms with Gasteiger partial charge >= 0.3 is 0 Å². The second kappa shape index (κ2) is 5.81. The molecule has 70 valence electrons. The zero-order chi connectivity index (χ0) is 9.52. The molecule has 1 aliphatic rings. The zero-order valence-electron chi connectivity index (χ0n) is 7.50. The Balaban J connectivity index is 2.76. The Bertz CT molecular complexity index is 261. The van der Waals surface area contributed by atoms with Gasteiger partial charge in [0.25, 0.3) is 0 Å². The first kappa shape index (κ1) is 10.3. The minimum Gasteiger partial charge on any atom is -0.466 e. The van der Waals surface area contributed by atoms with Crippen molar-refractivity contribution in [2.45, 2.75) is 19.3 Å². The number of rotatable bonds is 2. The molecule has 1 nitrogen and oxygen atoms in total. The molecule has 2 heteroatoms. The van der Waals surface area contributed by atoms with E-state index in [-0.39, 0.29) is 0 Å². The fourth-order valence-corrected chi connectivity index (χ4v) is 1.51. The number of ether oxygens (including phenoxy) is 1. The average molecular weight is 241 g/mol. The fraction of sp³-hybridized carbons (Fsp3) is 0.273. The molecule has 0 atom stereocenters. The molecule has 0 saturated carbocycles. The van der Waals surface area contributed by atoms with Crippen molar-refractivity contribution in [3.63, 3.8) is 0 Å². The Labute approximate surface area is 87.6 Å². The Morgan fingerprint density at radius 3 is 3.08 bits per heavy atom. The summed E-state index contributed by atoms with van der Waals surface area (Å²) < 4.78 is 6.26. The van der Waals surface area contributed by atoms with Gasteiger partial charge in [-0.2, -0.15) is 0 Å². The molecule has 0 bridgehead atoms. The van der Waals surface area contributed by atoms with Gasteiger partial charge < -0.3 is 4.74 Å². The van der Waals surface area contributed by atoms with Gasteiger partial charge in [-0.1, -0.05) is 34.7 Å². The minimum atomic E-state index is 0.855. The van der Waals surface area contributed by atoms with E-state index in [4.69, 9.17) is 4.74 Å². The summed E-state index contributed by atoms with van der Waals surface area (Å²) in [6, 6.07) is 0. The van der Waals surface area contributed by atoms with Crippen molar-refractivity contribution in [2.24, 2.45) is 0 Å². The fourth-order valence-electron chi connectivity index (χ4n) is 1.10. The van der Waals surface area contributed by atoms with Crippen LogP contribution in [0.25, 0.3) is 0 Å². The summed E-state index contributed by atoms with van der Waals surface area (Å²) in [7, 11) is 0. The summed E-state index contributed by atoms with van der Waals surface area (Å²) in [6.07, 6.45) is 13.0. The molecule has 1 rings (SSSR count). The lowest BCUT2D eigenvalue weighted by molar-refractivity contribution is 0.367. The second-order valence-electron chi connectivity index (χ2n) is 2.75. The molecular formula is C11H13BrO. The Morgan fingerprint density at radius 1 is 1.46 bits per heavy atom. The van der Waals surface area contributed by atoms with Crippen molar-refractivity contribution in [2.75, 3.05) is 0 Å². The Kier molecular flexibility index (Phi) is 4.61. The van der Waals surface area contributed by atoms with Crippen LogP contribution in [0.4, 0.5) is 0 Å². The highest BCUT2D eigenvalue weighted by Gasteiger charge is 1.96. The number of hydrogen-bond donors (Lipinski definition) is 0. The first-order valence-electron chi connectivity index (χ1n) is 4.34. The average Bonchev–Trinajstić information content (AvgIpc) is 2.18. The van der Waals surface area contributed by atoms with Crippen molar-refractivity contribution in [1.29, 1.82) is 0 Å². The van der Waals surface area contributed by atoms with E-state index in [2.05, 4.69) is 34.7 Å². The van der Waals surface area contributed by atoms with Gasteiger partial charge in [-0.15, -0.1) is 0 Å². The van der Waals surface area contributed by atoms with E-state index in [9.17, 15) is 0 Å². The van der Waals surface area contributed by atoms with Crippen LogP contribution in [0, 0.1) is 0 Å². The Hall–Kier alpha value is -0.760. The van der Waals surface area contributed by atoms with Crippen LogP contribution in [0.3, 0.4) is 0 Å². The largest absolute Gasteiger partial charge is 0.466 e. The summed E-state index contributed by atoms with van der Waals surface area (Å²) in [5, 5.41) is 0. The third-order valence-electron chi connectivity index (χ3n) is 1.70. The van der Waals surface area contributed by atoms with Gasteiger partial charge in [0.05, 0.1) is 6.26 Å². The van der Waals surface area contributed by atoms with Crippen molar-refractivity contribution < 1.29 is 4.74 Å². The van der Waals surface area contributed by atoms with E-state index < -0.39 is 0 Å². The van der Waals surface area contributed by atoms with Crippen LogP contribution in [0.15, 0.2) is 47.4 Å². The summed E-state index contributed by atoms with van der Waals surface area (Å²) >= 11 is 3.44. The molecule has 0 heterocycles. The third kappa shape index (κ3) is 4.13. The van der Waals surface area contributed by atoms with E-state index in [0.29, 0.717) is 0 Å². The quantitative estimate of drug-likeness (QED) is 0.662. The first-order chi connectivity index (χ1) is 6.33. The van der Waals surface area contributed by atoms with Crippen molar-refractivity contribution >= 4 is 15.9 Å². The van der Waals surface area contributed by atoms with E-state index in [0.717, 1.165) is 29.5 Å². The predicted octanol–water partition coefficient (Wildman–Crippen LogP) is 4.05. The summed E-state index contributed by atoms with van der Waals surface area (Å²) in [5.74, 6) is 0.855. The van der Waals surface area contributed by atoms with Crippen LogP contribution in [-0.2, 0) is 4.74 Å². The topological polar surface area (TPSA) is 9.23 Å². The molecule has 0 amide bonds. The summed E-state index contributed by atoms with van der Waals surface area (Å²) in [6.45, 7) is 3.53. The minimum absolute atomic E-state index is 0.855. The highest BCUT2D eigenvalue weighted by molar-refractivity contribution is 9.11. The Morgan fingerprint density at radius 2 is 2.31 bits per heavy atom. The number of allylic oxidation sites excluding steroid dienone is 5. The summed E-state index contributed by atoms with van der Waals surface area (Å²) in [5.41, 5.74) is 0. The number of hydrogen-bond acceptors (Lipinski definition) is 1. The molecular weight excluding hydrogens is 228 g/mol. The van der Waals surface area contributed by atoms with Crippen LogP contribution < -0.4 is 0 Å². The van der Waals surface area contributed by atoms with Crippen LogP contribution in [-0.4, -0.2) is 0 Å². The molecule has 0 spiro atoms. The number of halogens is 1. The van der Waals surface area contributed by atoms with Gasteiger partial charge in [0.2, 0.25) is 0 Å². The monoisotopic (exact) mass is 240 g/mol. The van der Waals surface area contributed by atoms with E-state index in [1.54, 1.807) is 0 Å². The lowest BCUT2D eigenvalue weighted by Gasteiger charge is -2.00. The standard InChI is InChI=1S/C11H13BrO/c1-2-13-11-8-6-4-3-5-7-10(12)9-11/h2,5,7-9H,1,3-4,6H2/b7-5+,10-9+,11-8+. The maximum Gasteiger partial charge on any atom is 0.123 e. The highest BCUT2D eigenvalue weighted by Crippen LogP contribution is 2.16.